The largest absolute Gasteiger partial charge is 0.492 e. The molecule has 1 aliphatic heterocycles. The summed E-state index contributed by atoms with van der Waals surface area (Å²) in [5.74, 6) is 1.92. The third-order valence-corrected chi connectivity index (χ3v) is 6.49. The van der Waals surface area contributed by atoms with Gasteiger partial charge in [-0.25, -0.2) is 0 Å². The molecule has 2 aliphatic carbocycles. The molecule has 0 radical (unpaired) electrons. The Morgan fingerprint density at radius 1 is 1.03 bits per heavy atom. The van der Waals surface area contributed by atoms with Crippen molar-refractivity contribution in [2.75, 3.05) is 33.3 Å². The fourth-order valence-corrected chi connectivity index (χ4v) is 5.20. The number of guanidine groups is 1. The maximum Gasteiger partial charge on any atom is 0.233 e. The Bertz CT molecular complexity index is 866. The van der Waals surface area contributed by atoms with E-state index >= 15 is 0 Å². The normalized spacial score (nSPS) is 25.7. The number of hydrogen-bond donors (Lipinski definition) is 2. The Hall–Kier alpha value is -2.10. The first-order valence-corrected chi connectivity index (χ1v) is 11.2. The van der Waals surface area contributed by atoms with Crippen molar-refractivity contribution in [3.8, 4) is 5.75 Å². The smallest absolute Gasteiger partial charge is 0.233 e. The second-order valence-corrected chi connectivity index (χ2v) is 8.78. The molecule has 0 spiro atoms. The van der Waals surface area contributed by atoms with Crippen LogP contribution >= 0.6 is 24.0 Å². The SMILES string of the molecule is CN=C(NCCCN1C(=O)C2C3C=CC(C3)C2C1=O)NCCOc1cc(C)cc(C)c1.I. The third-order valence-electron chi connectivity index (χ3n) is 6.49. The van der Waals surface area contributed by atoms with Gasteiger partial charge in [0.15, 0.2) is 5.96 Å². The summed E-state index contributed by atoms with van der Waals surface area (Å²) in [6.07, 6.45) is 5.92. The molecule has 2 amide bonds. The molecule has 1 aromatic carbocycles. The van der Waals surface area contributed by atoms with Gasteiger partial charge in [-0.1, -0.05) is 18.2 Å². The number of hydrogen-bond acceptors (Lipinski definition) is 4. The van der Waals surface area contributed by atoms with Gasteiger partial charge in [0.1, 0.15) is 12.4 Å². The van der Waals surface area contributed by atoms with Gasteiger partial charge >= 0.3 is 0 Å². The van der Waals surface area contributed by atoms with Crippen molar-refractivity contribution in [3.05, 3.63) is 41.5 Å². The highest BCUT2D eigenvalue weighted by Gasteiger charge is 2.58. The van der Waals surface area contributed by atoms with E-state index in [1.165, 1.54) is 16.0 Å². The molecule has 4 atom stereocenters. The number of nitrogens with zero attached hydrogens (tertiary/aromatic N) is 2. The molecular formula is C24H33IN4O3. The number of aryl methyl sites for hydroxylation is 2. The van der Waals surface area contributed by atoms with E-state index in [1.807, 2.05) is 12.1 Å². The van der Waals surface area contributed by atoms with Gasteiger partial charge in [0.2, 0.25) is 11.8 Å². The molecule has 1 saturated carbocycles. The van der Waals surface area contributed by atoms with Crippen molar-refractivity contribution in [2.45, 2.75) is 26.7 Å². The standard InChI is InChI=1S/C24H32N4O3.HI/c1-15-11-16(2)13-19(12-15)31-10-8-27-24(25-3)26-7-4-9-28-22(29)20-17-5-6-18(14-17)21(20)23(28)30;/h5-6,11-13,17-18,20-21H,4,7-10,14H2,1-3H3,(H2,25,26,27);1H. The highest BCUT2D eigenvalue weighted by Crippen LogP contribution is 2.52. The Labute approximate surface area is 207 Å². The predicted octanol–water partition coefficient (Wildman–Crippen LogP) is 2.66. The number of imide groups is 1. The Morgan fingerprint density at radius 3 is 2.22 bits per heavy atom. The summed E-state index contributed by atoms with van der Waals surface area (Å²) < 4.78 is 5.81. The molecular weight excluding hydrogens is 519 g/mol. The summed E-state index contributed by atoms with van der Waals surface area (Å²) in [5.41, 5.74) is 2.37. The second-order valence-electron chi connectivity index (χ2n) is 8.78. The molecule has 7 nitrogen and oxygen atoms in total. The van der Waals surface area contributed by atoms with Crippen molar-refractivity contribution in [3.63, 3.8) is 0 Å². The summed E-state index contributed by atoms with van der Waals surface area (Å²) >= 11 is 0. The van der Waals surface area contributed by atoms with Crippen LogP contribution in [-0.2, 0) is 9.59 Å². The highest BCUT2D eigenvalue weighted by atomic mass is 127. The van der Waals surface area contributed by atoms with E-state index in [-0.39, 0.29) is 59.5 Å². The number of rotatable bonds is 8. The quantitative estimate of drug-likeness (QED) is 0.130. The number of fused-ring (bicyclic) bond motifs is 5. The summed E-state index contributed by atoms with van der Waals surface area (Å²) in [5, 5.41) is 6.47. The molecule has 2 fully saturated rings. The molecule has 8 heteroatoms. The van der Waals surface area contributed by atoms with Gasteiger partial charge in [0.25, 0.3) is 0 Å². The lowest BCUT2D eigenvalue weighted by molar-refractivity contribution is -0.140. The summed E-state index contributed by atoms with van der Waals surface area (Å²) in [6, 6.07) is 6.17. The molecule has 2 bridgehead atoms. The van der Waals surface area contributed by atoms with Gasteiger partial charge in [-0.3, -0.25) is 19.5 Å². The number of halogens is 1. The zero-order valence-corrected chi connectivity index (χ0v) is 21.3. The molecule has 3 aliphatic rings. The number of aliphatic imine (C=N–C) groups is 1. The molecule has 4 rings (SSSR count). The summed E-state index contributed by atoms with van der Waals surface area (Å²) in [7, 11) is 1.72. The molecule has 0 aromatic heterocycles. The van der Waals surface area contributed by atoms with Crippen molar-refractivity contribution in [1.29, 1.82) is 0 Å². The first kappa shape index (κ1) is 24.5. The molecule has 1 aromatic rings. The van der Waals surface area contributed by atoms with Gasteiger partial charge in [-0.2, -0.15) is 0 Å². The van der Waals surface area contributed by atoms with Gasteiger partial charge in [0.05, 0.1) is 18.4 Å². The third kappa shape index (κ3) is 5.10. The van der Waals surface area contributed by atoms with E-state index in [9.17, 15) is 9.59 Å². The van der Waals surface area contributed by atoms with Crippen LogP contribution in [-0.4, -0.2) is 56.0 Å². The number of likely N-dealkylation sites (tertiary alicyclic amines) is 1. The van der Waals surface area contributed by atoms with Crippen LogP contribution in [0.4, 0.5) is 0 Å². The fraction of sp³-hybridized carbons (Fsp3) is 0.542. The van der Waals surface area contributed by atoms with E-state index in [0.717, 1.165) is 12.2 Å². The average molecular weight is 552 g/mol. The molecule has 174 valence electrons. The lowest BCUT2D eigenvalue weighted by Crippen LogP contribution is -2.41. The van der Waals surface area contributed by atoms with Crippen LogP contribution < -0.4 is 15.4 Å². The first-order valence-electron chi connectivity index (χ1n) is 11.2. The highest BCUT2D eigenvalue weighted by molar-refractivity contribution is 14.0. The van der Waals surface area contributed by atoms with Crippen LogP contribution in [0.5, 0.6) is 5.75 Å². The summed E-state index contributed by atoms with van der Waals surface area (Å²) in [6.45, 7) is 6.36. The van der Waals surface area contributed by atoms with E-state index in [4.69, 9.17) is 4.74 Å². The first-order chi connectivity index (χ1) is 15.0. The van der Waals surface area contributed by atoms with E-state index in [2.05, 4.69) is 47.7 Å². The van der Waals surface area contributed by atoms with Crippen molar-refractivity contribution in [2.24, 2.45) is 28.7 Å². The van der Waals surface area contributed by atoms with Gasteiger partial charge in [0, 0.05) is 20.1 Å². The molecule has 1 heterocycles. The van der Waals surface area contributed by atoms with Crippen LogP contribution in [0.1, 0.15) is 24.0 Å². The van der Waals surface area contributed by atoms with Gasteiger partial charge < -0.3 is 15.4 Å². The number of nitrogens with one attached hydrogen (secondary N) is 2. The molecule has 2 N–H and O–H groups in total. The Morgan fingerprint density at radius 2 is 1.62 bits per heavy atom. The lowest BCUT2D eigenvalue weighted by atomic mass is 9.85. The van der Waals surface area contributed by atoms with Gasteiger partial charge in [-0.05, 0) is 61.8 Å². The van der Waals surface area contributed by atoms with E-state index < -0.39 is 0 Å². The van der Waals surface area contributed by atoms with E-state index in [0.29, 0.717) is 38.6 Å². The maximum absolute atomic E-state index is 12.7. The minimum Gasteiger partial charge on any atom is -0.492 e. The minimum atomic E-state index is -0.109. The number of amides is 2. The van der Waals surface area contributed by atoms with Crippen LogP contribution in [0.25, 0.3) is 0 Å². The summed E-state index contributed by atoms with van der Waals surface area (Å²) in [4.78, 5) is 31.1. The zero-order valence-electron chi connectivity index (χ0n) is 19.0. The Balaban J connectivity index is 0.00000289. The van der Waals surface area contributed by atoms with Crippen molar-refractivity contribution < 1.29 is 14.3 Å². The molecule has 4 unspecified atom stereocenters. The molecule has 1 saturated heterocycles. The Kier molecular flexibility index (Phi) is 8.19. The second kappa shape index (κ2) is 10.7. The van der Waals surface area contributed by atoms with Crippen LogP contribution in [0.2, 0.25) is 0 Å². The zero-order chi connectivity index (χ0) is 22.0. The maximum atomic E-state index is 12.7. The van der Waals surface area contributed by atoms with E-state index in [1.54, 1.807) is 7.05 Å². The number of carbonyl (C=O) groups excluding carboxylic acids is 2. The predicted molar refractivity (Wildman–Crippen MR) is 135 cm³/mol. The average Bonchev–Trinajstić information content (AvgIpc) is 3.41. The number of carbonyl (C=O) groups is 2. The number of allylic oxidation sites excluding steroid dienone is 2. The monoisotopic (exact) mass is 552 g/mol. The van der Waals surface area contributed by atoms with Crippen LogP contribution in [0.3, 0.4) is 0 Å². The van der Waals surface area contributed by atoms with Crippen LogP contribution in [0, 0.1) is 37.5 Å². The minimum absolute atomic E-state index is 0. The van der Waals surface area contributed by atoms with Crippen LogP contribution in [0.15, 0.2) is 35.3 Å². The van der Waals surface area contributed by atoms with Crippen molar-refractivity contribution >= 4 is 41.8 Å². The lowest BCUT2D eigenvalue weighted by Gasteiger charge is -2.18. The number of ether oxygens (including phenoxy) is 1. The topological polar surface area (TPSA) is 83.0 Å². The number of benzene rings is 1. The fourth-order valence-electron chi connectivity index (χ4n) is 5.20. The van der Waals surface area contributed by atoms with Gasteiger partial charge in [-0.15, -0.1) is 24.0 Å². The van der Waals surface area contributed by atoms with Crippen molar-refractivity contribution in [1.82, 2.24) is 15.5 Å². The molecule has 32 heavy (non-hydrogen) atoms.